The Morgan fingerprint density at radius 3 is 2.94 bits per heavy atom. The van der Waals surface area contributed by atoms with Crippen LogP contribution in [0.3, 0.4) is 0 Å². The molecule has 3 aromatic rings. The minimum absolute atomic E-state index is 0.0149. The molecule has 17 heavy (non-hydrogen) atoms. The predicted molar refractivity (Wildman–Crippen MR) is 70.4 cm³/mol. The van der Waals surface area contributed by atoms with Crippen LogP contribution in [0.25, 0.3) is 16.4 Å². The number of carbonyl (C=O) groups excluding carboxylic acids is 1. The number of ketones is 1. The van der Waals surface area contributed by atoms with Gasteiger partial charge in [0.1, 0.15) is 11.3 Å². The van der Waals surface area contributed by atoms with Gasteiger partial charge in [-0.3, -0.25) is 4.79 Å². The van der Waals surface area contributed by atoms with Crippen LogP contribution in [-0.4, -0.2) is 15.2 Å². The normalized spacial score (nSPS) is 11.2. The van der Waals surface area contributed by atoms with Crippen molar-refractivity contribution in [3.63, 3.8) is 0 Å². The fourth-order valence-electron chi connectivity index (χ4n) is 1.91. The summed E-state index contributed by atoms with van der Waals surface area (Å²) in [5.41, 5.74) is 1.32. The van der Waals surface area contributed by atoms with Crippen molar-refractivity contribution in [2.75, 3.05) is 0 Å². The van der Waals surface area contributed by atoms with Gasteiger partial charge in [0.05, 0.1) is 0 Å². The minimum atomic E-state index is -0.0149. The second kappa shape index (κ2) is 3.67. The number of fused-ring (bicyclic) bond motifs is 3. The first-order valence-corrected chi connectivity index (χ1v) is 6.02. The van der Waals surface area contributed by atoms with E-state index in [-0.39, 0.29) is 5.78 Å². The highest BCUT2D eigenvalue weighted by atomic mass is 79.9. The fourth-order valence-corrected chi connectivity index (χ4v) is 2.29. The zero-order chi connectivity index (χ0) is 12.0. The van der Waals surface area contributed by atoms with Gasteiger partial charge in [-0.15, -0.1) is 0 Å². The van der Waals surface area contributed by atoms with Gasteiger partial charge in [-0.2, -0.15) is 0 Å². The van der Waals surface area contributed by atoms with E-state index in [9.17, 15) is 4.79 Å². The van der Waals surface area contributed by atoms with Crippen LogP contribution in [0.5, 0.6) is 0 Å². The van der Waals surface area contributed by atoms with Gasteiger partial charge in [0.15, 0.2) is 5.78 Å². The zero-order valence-corrected chi connectivity index (χ0v) is 10.7. The van der Waals surface area contributed by atoms with Gasteiger partial charge in [0.25, 0.3) is 0 Å². The van der Waals surface area contributed by atoms with E-state index in [4.69, 9.17) is 0 Å². The lowest BCUT2D eigenvalue weighted by Crippen LogP contribution is -1.90. The van der Waals surface area contributed by atoms with Crippen molar-refractivity contribution in [3.05, 3.63) is 46.8 Å². The maximum atomic E-state index is 11.3. The molecule has 0 N–H and O–H groups in total. The third-order valence-corrected chi connectivity index (χ3v) is 3.26. The van der Waals surface area contributed by atoms with Crippen LogP contribution in [0.15, 0.2) is 41.1 Å². The second-order valence-electron chi connectivity index (χ2n) is 3.96. The highest BCUT2D eigenvalue weighted by Gasteiger charge is 2.08. The molecule has 2 aromatic heterocycles. The molecule has 0 radical (unpaired) electrons. The summed E-state index contributed by atoms with van der Waals surface area (Å²) in [6.45, 7) is 1.53. The lowest BCUT2D eigenvalue weighted by Gasteiger charge is -2.00. The number of hydrogen-bond acceptors (Lipinski definition) is 2. The smallest absolute Gasteiger partial charge is 0.179 e. The van der Waals surface area contributed by atoms with E-state index in [0.717, 1.165) is 20.9 Å². The molecule has 0 amide bonds. The number of halogens is 1. The third-order valence-electron chi connectivity index (χ3n) is 2.76. The Balaban J connectivity index is 2.42. The number of benzene rings is 1. The van der Waals surface area contributed by atoms with Crippen molar-refractivity contribution in [2.45, 2.75) is 6.92 Å². The third kappa shape index (κ3) is 1.65. The maximum Gasteiger partial charge on any atom is 0.179 e. The number of Topliss-reactive ketones (excluding diaryl/α,β-unsaturated/α-hetero) is 1. The number of carbonyl (C=O) groups is 1. The highest BCUT2D eigenvalue weighted by Crippen LogP contribution is 2.23. The van der Waals surface area contributed by atoms with Crippen molar-refractivity contribution in [1.82, 2.24) is 9.38 Å². The number of rotatable bonds is 1. The first kappa shape index (κ1) is 10.5. The van der Waals surface area contributed by atoms with E-state index in [2.05, 4.69) is 20.9 Å². The summed E-state index contributed by atoms with van der Waals surface area (Å²) in [5, 5.41) is 2.15. The fraction of sp³-hybridized carbons (Fsp3) is 0.0769. The molecule has 0 saturated heterocycles. The largest absolute Gasteiger partial charge is 0.306 e. The number of imidazole rings is 1. The van der Waals surface area contributed by atoms with E-state index in [0.29, 0.717) is 5.69 Å². The number of hydrogen-bond donors (Lipinski definition) is 0. The molecule has 0 atom stereocenters. The Kier molecular flexibility index (Phi) is 2.26. The average molecular weight is 289 g/mol. The van der Waals surface area contributed by atoms with E-state index >= 15 is 0 Å². The SMILES string of the molecule is CC(=O)c1cn2ccc3cc(Br)ccc3c2n1. The van der Waals surface area contributed by atoms with Crippen molar-refractivity contribution in [3.8, 4) is 0 Å². The van der Waals surface area contributed by atoms with E-state index < -0.39 is 0 Å². The van der Waals surface area contributed by atoms with Crippen LogP contribution in [0.1, 0.15) is 17.4 Å². The van der Waals surface area contributed by atoms with Gasteiger partial charge in [-0.25, -0.2) is 4.98 Å². The lowest BCUT2D eigenvalue weighted by molar-refractivity contribution is 0.101. The van der Waals surface area contributed by atoms with Gasteiger partial charge in [0, 0.05) is 29.2 Å². The summed E-state index contributed by atoms with van der Waals surface area (Å²) >= 11 is 3.44. The van der Waals surface area contributed by atoms with Gasteiger partial charge in [-0.1, -0.05) is 15.9 Å². The monoisotopic (exact) mass is 288 g/mol. The maximum absolute atomic E-state index is 11.3. The Bertz CT molecular complexity index is 746. The molecule has 84 valence electrons. The Morgan fingerprint density at radius 1 is 1.35 bits per heavy atom. The van der Waals surface area contributed by atoms with Crippen LogP contribution < -0.4 is 0 Å². The van der Waals surface area contributed by atoms with Crippen LogP contribution in [-0.2, 0) is 0 Å². The summed E-state index contributed by atoms with van der Waals surface area (Å²) in [4.78, 5) is 15.7. The molecule has 3 rings (SSSR count). The van der Waals surface area contributed by atoms with Crippen molar-refractivity contribution in [2.24, 2.45) is 0 Å². The Labute approximate surface area is 106 Å². The lowest BCUT2D eigenvalue weighted by atomic mass is 10.2. The van der Waals surface area contributed by atoms with Crippen molar-refractivity contribution < 1.29 is 4.79 Å². The molecule has 4 heteroatoms. The van der Waals surface area contributed by atoms with Crippen LogP contribution in [0.2, 0.25) is 0 Å². The second-order valence-corrected chi connectivity index (χ2v) is 4.88. The highest BCUT2D eigenvalue weighted by molar-refractivity contribution is 9.10. The van der Waals surface area contributed by atoms with E-state index in [1.807, 2.05) is 34.9 Å². The Morgan fingerprint density at radius 2 is 2.18 bits per heavy atom. The molecule has 0 unspecified atom stereocenters. The molecular weight excluding hydrogens is 280 g/mol. The quantitative estimate of drug-likeness (QED) is 0.643. The molecule has 0 aliphatic heterocycles. The van der Waals surface area contributed by atoms with Gasteiger partial charge < -0.3 is 4.40 Å². The molecule has 3 nitrogen and oxygen atoms in total. The molecule has 0 spiro atoms. The summed E-state index contributed by atoms with van der Waals surface area (Å²) in [6, 6.07) is 8.03. The molecule has 0 fully saturated rings. The van der Waals surface area contributed by atoms with Crippen LogP contribution in [0.4, 0.5) is 0 Å². The van der Waals surface area contributed by atoms with Crippen molar-refractivity contribution >= 4 is 38.1 Å². The average Bonchev–Trinajstić information content (AvgIpc) is 2.72. The minimum Gasteiger partial charge on any atom is -0.306 e. The summed E-state index contributed by atoms with van der Waals surface area (Å²) in [7, 11) is 0. The molecule has 0 aliphatic carbocycles. The molecule has 1 aromatic carbocycles. The van der Waals surface area contributed by atoms with Gasteiger partial charge in [0.2, 0.25) is 0 Å². The van der Waals surface area contributed by atoms with E-state index in [1.54, 1.807) is 6.20 Å². The van der Waals surface area contributed by atoms with E-state index in [1.165, 1.54) is 6.92 Å². The first-order chi connectivity index (χ1) is 8.15. The topological polar surface area (TPSA) is 34.4 Å². The summed E-state index contributed by atoms with van der Waals surface area (Å²) < 4.78 is 2.92. The summed E-state index contributed by atoms with van der Waals surface area (Å²) in [6.07, 6.45) is 3.68. The van der Waals surface area contributed by atoms with Crippen LogP contribution >= 0.6 is 15.9 Å². The zero-order valence-electron chi connectivity index (χ0n) is 9.14. The predicted octanol–water partition coefficient (Wildman–Crippen LogP) is 3.45. The summed E-state index contributed by atoms with van der Waals surface area (Å²) in [5.74, 6) is -0.0149. The first-order valence-electron chi connectivity index (χ1n) is 5.23. The molecule has 0 saturated carbocycles. The number of aromatic nitrogens is 2. The molecular formula is C13H9BrN2O. The molecule has 0 aliphatic rings. The van der Waals surface area contributed by atoms with Gasteiger partial charge in [-0.05, 0) is 29.7 Å². The van der Waals surface area contributed by atoms with Crippen molar-refractivity contribution in [1.29, 1.82) is 0 Å². The Hall–Kier alpha value is -1.68. The standard InChI is InChI=1S/C13H9BrN2O/c1-8(17)12-7-16-5-4-9-6-10(14)2-3-11(9)13(16)15-12/h2-7H,1H3. The molecule has 2 heterocycles. The number of pyridine rings is 1. The van der Waals surface area contributed by atoms with Gasteiger partial charge >= 0.3 is 0 Å². The number of nitrogens with zero attached hydrogens (tertiary/aromatic N) is 2. The molecule has 0 bridgehead atoms. The van der Waals surface area contributed by atoms with Crippen LogP contribution in [0, 0.1) is 0 Å².